The molecule has 4 rings (SSSR count). The van der Waals surface area contributed by atoms with Crippen LogP contribution in [0.5, 0.6) is 5.75 Å². The number of anilines is 1. The number of nitrogens with two attached hydrogens (primary N) is 1. The molecule has 0 unspecified atom stereocenters. The third-order valence-electron chi connectivity index (χ3n) is 5.68. The van der Waals surface area contributed by atoms with E-state index in [2.05, 4.69) is 0 Å². The van der Waals surface area contributed by atoms with Gasteiger partial charge in [-0.05, 0) is 61.6 Å². The van der Waals surface area contributed by atoms with E-state index in [1.165, 1.54) is 4.31 Å². The zero-order valence-electron chi connectivity index (χ0n) is 17.1. The number of benzene rings is 2. The van der Waals surface area contributed by atoms with Gasteiger partial charge in [0.15, 0.2) is 6.61 Å². The standard InChI is InChI=1S/C22H25N3O5S/c23-22(27)18-7-1-2-8-20(18)30-15-21(26)25-13-5-6-16-14-17(9-10-19(16)25)31(28,29)24-11-3-4-12-24/h1-2,7-10,14H,3-6,11-13,15H2,(H2,23,27). The molecule has 0 atom stereocenters. The van der Waals surface area contributed by atoms with Crippen molar-refractivity contribution in [1.29, 1.82) is 0 Å². The Kier molecular flexibility index (Phi) is 5.97. The van der Waals surface area contributed by atoms with Gasteiger partial charge >= 0.3 is 0 Å². The zero-order chi connectivity index (χ0) is 22.0. The molecule has 0 aliphatic carbocycles. The largest absolute Gasteiger partial charge is 0.483 e. The second-order valence-electron chi connectivity index (χ2n) is 7.70. The van der Waals surface area contributed by atoms with E-state index in [-0.39, 0.29) is 28.7 Å². The van der Waals surface area contributed by atoms with E-state index in [1.807, 2.05) is 0 Å². The summed E-state index contributed by atoms with van der Waals surface area (Å²) in [6.45, 7) is 1.37. The smallest absolute Gasteiger partial charge is 0.264 e. The quantitative estimate of drug-likeness (QED) is 0.734. The number of hydrogen-bond donors (Lipinski definition) is 1. The predicted octanol–water partition coefficient (Wildman–Crippen LogP) is 1.93. The average Bonchev–Trinajstić information content (AvgIpc) is 3.32. The minimum Gasteiger partial charge on any atom is -0.483 e. The Labute approximate surface area is 181 Å². The molecular weight excluding hydrogens is 418 g/mol. The number of fused-ring (bicyclic) bond motifs is 1. The first-order valence-corrected chi connectivity index (χ1v) is 11.8. The molecule has 0 aromatic heterocycles. The summed E-state index contributed by atoms with van der Waals surface area (Å²) in [4.78, 5) is 26.3. The Morgan fingerprint density at radius 2 is 1.74 bits per heavy atom. The molecule has 0 bridgehead atoms. The van der Waals surface area contributed by atoms with Gasteiger partial charge in [-0.15, -0.1) is 0 Å². The van der Waals surface area contributed by atoms with E-state index in [9.17, 15) is 18.0 Å². The zero-order valence-corrected chi connectivity index (χ0v) is 17.9. The number of amides is 2. The van der Waals surface area contributed by atoms with Crippen LogP contribution in [0.3, 0.4) is 0 Å². The van der Waals surface area contributed by atoms with Gasteiger partial charge < -0.3 is 15.4 Å². The van der Waals surface area contributed by atoms with Crippen LogP contribution in [-0.4, -0.2) is 50.8 Å². The first-order chi connectivity index (χ1) is 14.9. The summed E-state index contributed by atoms with van der Waals surface area (Å²) in [6, 6.07) is 11.5. The van der Waals surface area contributed by atoms with Gasteiger partial charge in [0, 0.05) is 25.3 Å². The van der Waals surface area contributed by atoms with Crippen LogP contribution >= 0.6 is 0 Å². The highest BCUT2D eigenvalue weighted by atomic mass is 32.2. The molecule has 0 radical (unpaired) electrons. The number of hydrogen-bond acceptors (Lipinski definition) is 5. The van der Waals surface area contributed by atoms with Gasteiger partial charge in [-0.2, -0.15) is 4.31 Å². The Morgan fingerprint density at radius 1 is 1.00 bits per heavy atom. The van der Waals surface area contributed by atoms with Crippen molar-refractivity contribution in [2.75, 3.05) is 31.1 Å². The lowest BCUT2D eigenvalue weighted by Crippen LogP contribution is -2.39. The molecule has 8 nitrogen and oxygen atoms in total. The van der Waals surface area contributed by atoms with Gasteiger partial charge in [-0.3, -0.25) is 9.59 Å². The molecule has 2 N–H and O–H groups in total. The minimum atomic E-state index is -3.51. The second kappa shape index (κ2) is 8.68. The van der Waals surface area contributed by atoms with E-state index in [4.69, 9.17) is 10.5 Å². The highest BCUT2D eigenvalue weighted by Crippen LogP contribution is 2.31. The van der Waals surface area contributed by atoms with E-state index < -0.39 is 15.9 Å². The number of carbonyl (C=O) groups is 2. The van der Waals surface area contributed by atoms with Gasteiger partial charge in [0.25, 0.3) is 11.8 Å². The summed E-state index contributed by atoms with van der Waals surface area (Å²) in [7, 11) is -3.51. The lowest BCUT2D eigenvalue weighted by molar-refractivity contribution is -0.120. The number of sulfonamides is 1. The Balaban J connectivity index is 1.52. The number of para-hydroxylation sites is 1. The molecule has 2 aliphatic rings. The van der Waals surface area contributed by atoms with Crippen molar-refractivity contribution in [3.05, 3.63) is 53.6 Å². The lowest BCUT2D eigenvalue weighted by atomic mass is 10.0. The SMILES string of the molecule is NC(=O)c1ccccc1OCC(=O)N1CCCc2cc(S(=O)(=O)N3CCCC3)ccc21. The third kappa shape index (κ3) is 4.28. The van der Waals surface area contributed by atoms with Crippen molar-refractivity contribution < 1.29 is 22.7 Å². The van der Waals surface area contributed by atoms with Crippen LogP contribution in [0.4, 0.5) is 5.69 Å². The molecule has 2 aromatic rings. The third-order valence-corrected chi connectivity index (χ3v) is 7.57. The number of primary amides is 1. The van der Waals surface area contributed by atoms with Gasteiger partial charge in [0.1, 0.15) is 5.75 Å². The molecule has 2 heterocycles. The molecule has 2 aliphatic heterocycles. The fourth-order valence-electron chi connectivity index (χ4n) is 4.08. The van der Waals surface area contributed by atoms with Crippen molar-refractivity contribution in [2.45, 2.75) is 30.6 Å². The van der Waals surface area contributed by atoms with Crippen LogP contribution < -0.4 is 15.4 Å². The van der Waals surface area contributed by atoms with Crippen molar-refractivity contribution in [3.8, 4) is 5.75 Å². The Hall–Kier alpha value is -2.91. The summed E-state index contributed by atoms with van der Waals surface area (Å²) in [5.74, 6) is -0.638. The maximum Gasteiger partial charge on any atom is 0.264 e. The molecule has 2 amide bonds. The molecule has 31 heavy (non-hydrogen) atoms. The molecule has 0 saturated carbocycles. The predicted molar refractivity (Wildman–Crippen MR) is 116 cm³/mol. The van der Waals surface area contributed by atoms with E-state index in [0.717, 1.165) is 24.8 Å². The lowest BCUT2D eigenvalue weighted by Gasteiger charge is -2.30. The fraction of sp³-hybridized carbons (Fsp3) is 0.364. The molecular formula is C22H25N3O5S. The fourth-order valence-corrected chi connectivity index (χ4v) is 5.65. The van der Waals surface area contributed by atoms with Crippen molar-refractivity contribution in [2.24, 2.45) is 5.73 Å². The molecule has 1 fully saturated rings. The highest BCUT2D eigenvalue weighted by molar-refractivity contribution is 7.89. The Bertz CT molecular complexity index is 1110. The number of carbonyl (C=O) groups excluding carboxylic acids is 2. The van der Waals surface area contributed by atoms with E-state index >= 15 is 0 Å². The molecule has 1 saturated heterocycles. The summed E-state index contributed by atoms with van der Waals surface area (Å²) in [5, 5.41) is 0. The maximum atomic E-state index is 12.9. The van der Waals surface area contributed by atoms with Gasteiger partial charge in [0.2, 0.25) is 10.0 Å². The van der Waals surface area contributed by atoms with Gasteiger partial charge in [-0.1, -0.05) is 12.1 Å². The van der Waals surface area contributed by atoms with Crippen molar-refractivity contribution >= 4 is 27.5 Å². The van der Waals surface area contributed by atoms with Gasteiger partial charge in [0.05, 0.1) is 10.5 Å². The van der Waals surface area contributed by atoms with Crippen LogP contribution in [0.25, 0.3) is 0 Å². The molecule has 0 spiro atoms. The van der Waals surface area contributed by atoms with Crippen LogP contribution in [0.2, 0.25) is 0 Å². The molecule has 2 aromatic carbocycles. The number of nitrogens with zero attached hydrogens (tertiary/aromatic N) is 2. The van der Waals surface area contributed by atoms with Gasteiger partial charge in [-0.25, -0.2) is 8.42 Å². The van der Waals surface area contributed by atoms with Crippen LogP contribution in [-0.2, 0) is 21.2 Å². The summed E-state index contributed by atoms with van der Waals surface area (Å²) in [5.41, 5.74) is 7.10. The maximum absolute atomic E-state index is 12.9. The molecule has 164 valence electrons. The second-order valence-corrected chi connectivity index (χ2v) is 9.64. The summed E-state index contributed by atoms with van der Waals surface area (Å²) < 4.78 is 32.8. The van der Waals surface area contributed by atoms with Crippen LogP contribution in [0.15, 0.2) is 47.4 Å². The van der Waals surface area contributed by atoms with E-state index in [0.29, 0.717) is 31.7 Å². The van der Waals surface area contributed by atoms with Crippen molar-refractivity contribution in [1.82, 2.24) is 4.31 Å². The first-order valence-electron chi connectivity index (χ1n) is 10.3. The number of ether oxygens (including phenoxy) is 1. The number of aryl methyl sites for hydroxylation is 1. The van der Waals surface area contributed by atoms with Crippen LogP contribution in [0.1, 0.15) is 35.2 Å². The number of rotatable bonds is 6. The monoisotopic (exact) mass is 443 g/mol. The van der Waals surface area contributed by atoms with E-state index in [1.54, 1.807) is 47.4 Å². The highest BCUT2D eigenvalue weighted by Gasteiger charge is 2.30. The molecule has 9 heteroatoms. The first kappa shape index (κ1) is 21.3. The summed E-state index contributed by atoms with van der Waals surface area (Å²) in [6.07, 6.45) is 3.19. The van der Waals surface area contributed by atoms with Crippen LogP contribution in [0, 0.1) is 0 Å². The summed E-state index contributed by atoms with van der Waals surface area (Å²) >= 11 is 0. The van der Waals surface area contributed by atoms with Crippen molar-refractivity contribution in [3.63, 3.8) is 0 Å². The average molecular weight is 444 g/mol. The topological polar surface area (TPSA) is 110 Å². The Morgan fingerprint density at radius 3 is 2.48 bits per heavy atom. The minimum absolute atomic E-state index is 0.214. The normalized spacial score (nSPS) is 16.7.